The topological polar surface area (TPSA) is 54.0 Å². The SMILES string of the molecule is O=C(Nc1cccc(Cl)c1)Nc1ncc(F)cc1Br. The molecule has 0 radical (unpaired) electrons. The monoisotopic (exact) mass is 343 g/mol. The van der Waals surface area contributed by atoms with Crippen molar-refractivity contribution >= 4 is 45.1 Å². The lowest BCUT2D eigenvalue weighted by atomic mass is 10.3. The normalized spacial score (nSPS) is 10.1. The van der Waals surface area contributed by atoms with Gasteiger partial charge in [0.25, 0.3) is 0 Å². The third-order valence-corrected chi connectivity index (χ3v) is 2.96. The molecule has 19 heavy (non-hydrogen) atoms. The molecule has 0 fully saturated rings. The first kappa shape index (κ1) is 13.8. The predicted octanol–water partition coefficient (Wildman–Crippen LogP) is 4.28. The summed E-state index contributed by atoms with van der Waals surface area (Å²) >= 11 is 8.90. The van der Waals surface area contributed by atoms with Crippen molar-refractivity contribution < 1.29 is 9.18 Å². The average molecular weight is 345 g/mol. The van der Waals surface area contributed by atoms with Crippen LogP contribution in [0.25, 0.3) is 0 Å². The second kappa shape index (κ2) is 5.99. The summed E-state index contributed by atoms with van der Waals surface area (Å²) in [5.74, 6) is -0.270. The fraction of sp³-hybridized carbons (Fsp3) is 0. The van der Waals surface area contributed by atoms with Crippen LogP contribution in [0, 0.1) is 5.82 Å². The van der Waals surface area contributed by atoms with Crippen molar-refractivity contribution in [3.05, 3.63) is 51.8 Å². The predicted molar refractivity (Wildman–Crippen MR) is 76.0 cm³/mol. The molecule has 1 aromatic carbocycles. The summed E-state index contributed by atoms with van der Waals surface area (Å²) in [7, 11) is 0. The third kappa shape index (κ3) is 3.90. The van der Waals surface area contributed by atoms with E-state index in [0.717, 1.165) is 6.20 Å². The largest absolute Gasteiger partial charge is 0.324 e. The van der Waals surface area contributed by atoms with E-state index in [4.69, 9.17) is 11.6 Å². The van der Waals surface area contributed by atoms with E-state index in [1.54, 1.807) is 24.3 Å². The van der Waals surface area contributed by atoms with Crippen molar-refractivity contribution in [2.24, 2.45) is 0 Å². The Labute approximate surface area is 122 Å². The summed E-state index contributed by atoms with van der Waals surface area (Å²) in [6, 6.07) is 7.42. The van der Waals surface area contributed by atoms with Gasteiger partial charge in [-0.2, -0.15) is 0 Å². The van der Waals surface area contributed by atoms with Crippen LogP contribution in [0.1, 0.15) is 0 Å². The number of aromatic nitrogens is 1. The zero-order chi connectivity index (χ0) is 13.8. The Morgan fingerprint density at radius 1 is 1.32 bits per heavy atom. The molecule has 4 nitrogen and oxygen atoms in total. The van der Waals surface area contributed by atoms with E-state index in [2.05, 4.69) is 31.5 Å². The van der Waals surface area contributed by atoms with Crippen LogP contribution in [0.2, 0.25) is 5.02 Å². The number of nitrogens with one attached hydrogen (secondary N) is 2. The van der Waals surface area contributed by atoms with Crippen LogP contribution < -0.4 is 10.6 Å². The summed E-state index contributed by atoms with van der Waals surface area (Å²) in [5, 5.41) is 5.58. The Kier molecular flexibility index (Phi) is 4.34. The molecule has 98 valence electrons. The van der Waals surface area contributed by atoms with Gasteiger partial charge in [-0.15, -0.1) is 0 Å². The first-order chi connectivity index (χ1) is 9.04. The molecule has 0 aliphatic carbocycles. The smallest absolute Gasteiger partial charge is 0.308 e. The van der Waals surface area contributed by atoms with E-state index < -0.39 is 11.8 Å². The van der Waals surface area contributed by atoms with Crippen LogP contribution in [0.4, 0.5) is 20.7 Å². The Balaban J connectivity index is 2.05. The molecule has 0 saturated heterocycles. The number of pyridine rings is 1. The fourth-order valence-electron chi connectivity index (χ4n) is 1.34. The minimum Gasteiger partial charge on any atom is -0.308 e. The number of urea groups is 1. The van der Waals surface area contributed by atoms with Gasteiger partial charge in [0, 0.05) is 10.7 Å². The maximum absolute atomic E-state index is 12.8. The van der Waals surface area contributed by atoms with Gasteiger partial charge in [-0.05, 0) is 40.2 Å². The van der Waals surface area contributed by atoms with Crippen LogP contribution in [0.5, 0.6) is 0 Å². The van der Waals surface area contributed by atoms with Gasteiger partial charge in [-0.1, -0.05) is 17.7 Å². The van der Waals surface area contributed by atoms with Crippen LogP contribution in [0.15, 0.2) is 41.0 Å². The first-order valence-corrected chi connectivity index (χ1v) is 6.36. The number of benzene rings is 1. The van der Waals surface area contributed by atoms with Gasteiger partial charge in [0.2, 0.25) is 0 Å². The van der Waals surface area contributed by atoms with E-state index in [-0.39, 0.29) is 5.82 Å². The van der Waals surface area contributed by atoms with E-state index in [1.807, 2.05) is 0 Å². The lowest BCUT2D eigenvalue weighted by Gasteiger charge is -2.08. The summed E-state index contributed by atoms with van der Waals surface area (Å²) < 4.78 is 13.2. The van der Waals surface area contributed by atoms with E-state index in [0.29, 0.717) is 15.2 Å². The Morgan fingerprint density at radius 2 is 2.11 bits per heavy atom. The highest BCUT2D eigenvalue weighted by Crippen LogP contribution is 2.20. The highest BCUT2D eigenvalue weighted by Gasteiger charge is 2.08. The number of hydrogen-bond acceptors (Lipinski definition) is 2. The molecule has 0 unspecified atom stereocenters. The molecule has 0 aliphatic rings. The number of carbonyl (C=O) groups is 1. The van der Waals surface area contributed by atoms with Gasteiger partial charge in [-0.3, -0.25) is 5.32 Å². The highest BCUT2D eigenvalue weighted by molar-refractivity contribution is 9.10. The van der Waals surface area contributed by atoms with Crippen molar-refractivity contribution in [2.45, 2.75) is 0 Å². The molecule has 7 heteroatoms. The second-order valence-corrected chi connectivity index (χ2v) is 4.86. The Bertz CT molecular complexity index is 624. The number of hydrogen-bond donors (Lipinski definition) is 2. The number of rotatable bonds is 2. The first-order valence-electron chi connectivity index (χ1n) is 5.19. The zero-order valence-electron chi connectivity index (χ0n) is 9.45. The van der Waals surface area contributed by atoms with Gasteiger partial charge < -0.3 is 5.32 Å². The molecule has 2 N–H and O–H groups in total. The molecule has 0 atom stereocenters. The molecule has 2 rings (SSSR count). The maximum atomic E-state index is 12.8. The molecular formula is C12H8BrClFN3O. The van der Waals surface area contributed by atoms with Crippen LogP contribution in [0.3, 0.4) is 0 Å². The van der Waals surface area contributed by atoms with Crippen LogP contribution in [-0.4, -0.2) is 11.0 Å². The van der Waals surface area contributed by atoms with Crippen molar-refractivity contribution in [1.82, 2.24) is 4.98 Å². The molecular weight excluding hydrogens is 337 g/mol. The van der Waals surface area contributed by atoms with Crippen molar-refractivity contribution in [3.63, 3.8) is 0 Å². The minimum absolute atomic E-state index is 0.223. The van der Waals surface area contributed by atoms with E-state index >= 15 is 0 Å². The summed E-state index contributed by atoms with van der Waals surface area (Å²) in [4.78, 5) is 15.5. The Hall–Kier alpha value is -1.66. The van der Waals surface area contributed by atoms with E-state index in [1.165, 1.54) is 6.07 Å². The highest BCUT2D eigenvalue weighted by atomic mass is 79.9. The average Bonchev–Trinajstić information content (AvgIpc) is 2.33. The summed E-state index contributed by atoms with van der Waals surface area (Å²) in [6.07, 6.45) is 1.01. The number of nitrogens with zero attached hydrogens (tertiary/aromatic N) is 1. The molecule has 0 aliphatic heterocycles. The molecule has 0 spiro atoms. The van der Waals surface area contributed by atoms with Crippen LogP contribution in [-0.2, 0) is 0 Å². The number of halogens is 3. The molecule has 2 amide bonds. The molecule has 1 heterocycles. The molecule has 1 aromatic heterocycles. The van der Waals surface area contributed by atoms with Crippen molar-refractivity contribution in [1.29, 1.82) is 0 Å². The molecule has 2 aromatic rings. The lowest BCUT2D eigenvalue weighted by Crippen LogP contribution is -2.20. The van der Waals surface area contributed by atoms with Crippen molar-refractivity contribution in [3.8, 4) is 0 Å². The van der Waals surface area contributed by atoms with Gasteiger partial charge in [0.05, 0.1) is 10.7 Å². The number of anilines is 2. The lowest BCUT2D eigenvalue weighted by molar-refractivity contribution is 0.262. The van der Waals surface area contributed by atoms with E-state index in [9.17, 15) is 9.18 Å². The summed E-state index contributed by atoms with van der Waals surface area (Å²) in [6.45, 7) is 0. The van der Waals surface area contributed by atoms with Gasteiger partial charge in [0.15, 0.2) is 0 Å². The fourth-order valence-corrected chi connectivity index (χ4v) is 1.95. The minimum atomic E-state index is -0.498. The number of carbonyl (C=O) groups excluding carboxylic acids is 1. The molecule has 0 bridgehead atoms. The number of amides is 2. The van der Waals surface area contributed by atoms with Crippen molar-refractivity contribution in [2.75, 3.05) is 10.6 Å². The maximum Gasteiger partial charge on any atom is 0.324 e. The molecule has 0 saturated carbocycles. The standard InChI is InChI=1S/C12H8BrClFN3O/c13-10-5-8(15)6-16-11(10)18-12(19)17-9-3-1-2-7(14)4-9/h1-6H,(H2,16,17,18,19). The third-order valence-electron chi connectivity index (χ3n) is 2.12. The second-order valence-electron chi connectivity index (χ2n) is 3.57. The van der Waals surface area contributed by atoms with Gasteiger partial charge in [0.1, 0.15) is 11.6 Å². The van der Waals surface area contributed by atoms with Crippen LogP contribution >= 0.6 is 27.5 Å². The Morgan fingerprint density at radius 3 is 2.79 bits per heavy atom. The van der Waals surface area contributed by atoms with Gasteiger partial charge in [-0.25, -0.2) is 14.2 Å². The zero-order valence-corrected chi connectivity index (χ0v) is 11.8. The quantitative estimate of drug-likeness (QED) is 0.854. The summed E-state index contributed by atoms with van der Waals surface area (Å²) in [5.41, 5.74) is 0.545. The van der Waals surface area contributed by atoms with Gasteiger partial charge >= 0.3 is 6.03 Å².